The molecule has 0 saturated heterocycles. The minimum absolute atomic E-state index is 0.166. The Hall–Kier alpha value is -1.34. The van der Waals surface area contributed by atoms with Crippen molar-refractivity contribution < 1.29 is 15.1 Å². The molecule has 0 aliphatic rings. The maximum atomic E-state index is 10.8. The first-order valence-corrected chi connectivity index (χ1v) is 4.46. The van der Waals surface area contributed by atoms with Crippen molar-refractivity contribution >= 4 is 17.7 Å². The van der Waals surface area contributed by atoms with E-state index in [4.69, 9.17) is 5.21 Å². The van der Waals surface area contributed by atoms with Crippen LogP contribution in [0.2, 0.25) is 0 Å². The zero-order valence-electron chi connectivity index (χ0n) is 6.68. The van der Waals surface area contributed by atoms with Gasteiger partial charge in [0.2, 0.25) is 5.88 Å². The molecule has 0 saturated carbocycles. The summed E-state index contributed by atoms with van der Waals surface area (Å²) < 4.78 is 0. The maximum absolute atomic E-state index is 10.8. The van der Waals surface area contributed by atoms with Crippen LogP contribution in [0, 0.1) is 0 Å². The van der Waals surface area contributed by atoms with Gasteiger partial charge in [-0.1, -0.05) is 11.8 Å². The molecule has 13 heavy (non-hydrogen) atoms. The number of amides is 1. The molecule has 0 radical (unpaired) electrons. The lowest BCUT2D eigenvalue weighted by atomic mass is 10.3. The van der Waals surface area contributed by atoms with Crippen molar-refractivity contribution in [2.75, 3.05) is 6.26 Å². The van der Waals surface area contributed by atoms with Crippen LogP contribution >= 0.6 is 11.8 Å². The summed E-state index contributed by atoms with van der Waals surface area (Å²) in [7, 11) is 0. The quantitative estimate of drug-likeness (QED) is 0.270. The van der Waals surface area contributed by atoms with Gasteiger partial charge in [0.05, 0.1) is 0 Å². The molecule has 0 atom stereocenters. The fourth-order valence-corrected chi connectivity index (χ4v) is 1.01. The molecule has 1 heterocycles. The van der Waals surface area contributed by atoms with Crippen LogP contribution in [0.4, 0.5) is 0 Å². The van der Waals surface area contributed by atoms with Crippen LogP contribution in [-0.4, -0.2) is 32.4 Å². The van der Waals surface area contributed by atoms with Crippen molar-refractivity contribution in [1.29, 1.82) is 0 Å². The van der Waals surface area contributed by atoms with Crippen molar-refractivity contribution in [3.8, 4) is 5.88 Å². The lowest BCUT2D eigenvalue weighted by Gasteiger charge is -2.01. The standard InChI is InChI=1S/C6H7N3O3S/c1-13-6-7-2-3(4(10)8-6)5(11)9-12/h2,12H,1H3,(H,9,11)(H,7,8,10). The molecule has 1 rings (SSSR count). The van der Waals surface area contributed by atoms with Crippen molar-refractivity contribution in [2.45, 2.75) is 5.16 Å². The van der Waals surface area contributed by atoms with Gasteiger partial charge in [-0.05, 0) is 6.26 Å². The third kappa shape index (κ3) is 2.07. The first-order valence-electron chi connectivity index (χ1n) is 3.23. The molecule has 6 nitrogen and oxygen atoms in total. The zero-order chi connectivity index (χ0) is 9.84. The van der Waals surface area contributed by atoms with Gasteiger partial charge in [0.1, 0.15) is 5.56 Å². The van der Waals surface area contributed by atoms with Crippen LogP contribution in [0.3, 0.4) is 0 Å². The first kappa shape index (κ1) is 9.75. The van der Waals surface area contributed by atoms with E-state index in [1.165, 1.54) is 17.2 Å². The monoisotopic (exact) mass is 201 g/mol. The van der Waals surface area contributed by atoms with Crippen LogP contribution in [-0.2, 0) is 0 Å². The number of carbonyl (C=O) groups is 1. The molecule has 0 aliphatic heterocycles. The van der Waals surface area contributed by atoms with Gasteiger partial charge in [0.25, 0.3) is 5.91 Å². The number of nitrogens with one attached hydrogen (secondary N) is 1. The number of thioether (sulfide) groups is 1. The summed E-state index contributed by atoms with van der Waals surface area (Å²) >= 11 is 1.23. The Labute approximate surface area is 78.0 Å². The Morgan fingerprint density at radius 1 is 1.69 bits per heavy atom. The summed E-state index contributed by atoms with van der Waals surface area (Å²) in [5, 5.41) is 17.8. The van der Waals surface area contributed by atoms with Gasteiger partial charge in [0, 0.05) is 6.20 Å². The molecule has 3 N–H and O–H groups in total. The highest BCUT2D eigenvalue weighted by Crippen LogP contribution is 2.16. The van der Waals surface area contributed by atoms with Gasteiger partial charge in [-0.15, -0.1) is 0 Å². The number of carbonyl (C=O) groups excluding carboxylic acids is 1. The molecule has 1 amide bonds. The Morgan fingerprint density at radius 2 is 2.38 bits per heavy atom. The average molecular weight is 201 g/mol. The highest BCUT2D eigenvalue weighted by atomic mass is 32.2. The molecule has 1 aromatic heterocycles. The van der Waals surface area contributed by atoms with Crippen LogP contribution < -0.4 is 5.48 Å². The van der Waals surface area contributed by atoms with E-state index in [9.17, 15) is 9.90 Å². The molecule has 0 aromatic carbocycles. The van der Waals surface area contributed by atoms with Crippen molar-refractivity contribution in [2.24, 2.45) is 0 Å². The first-order chi connectivity index (χ1) is 6.19. The number of aromatic hydroxyl groups is 1. The topological polar surface area (TPSA) is 95.3 Å². The Morgan fingerprint density at radius 3 is 2.85 bits per heavy atom. The third-order valence-electron chi connectivity index (χ3n) is 1.28. The predicted octanol–water partition coefficient (Wildman–Crippen LogP) is 0.0231. The normalized spacial score (nSPS) is 9.69. The van der Waals surface area contributed by atoms with E-state index in [0.29, 0.717) is 5.16 Å². The number of nitrogens with zero attached hydrogens (tertiary/aromatic N) is 2. The van der Waals surface area contributed by atoms with E-state index in [0.717, 1.165) is 6.20 Å². The van der Waals surface area contributed by atoms with Gasteiger partial charge >= 0.3 is 0 Å². The Bertz CT molecular complexity index is 331. The minimum atomic E-state index is -0.842. The average Bonchev–Trinajstić information content (AvgIpc) is 2.16. The molecule has 0 spiro atoms. The van der Waals surface area contributed by atoms with E-state index in [2.05, 4.69) is 9.97 Å². The summed E-state index contributed by atoms with van der Waals surface area (Å²) in [5.74, 6) is -1.30. The fraction of sp³-hybridized carbons (Fsp3) is 0.167. The van der Waals surface area contributed by atoms with Gasteiger partial charge in [-0.2, -0.15) is 4.98 Å². The van der Waals surface area contributed by atoms with Crippen LogP contribution in [0.5, 0.6) is 5.88 Å². The summed E-state index contributed by atoms with van der Waals surface area (Å²) in [6.45, 7) is 0. The third-order valence-corrected chi connectivity index (χ3v) is 1.84. The second-order valence-corrected chi connectivity index (χ2v) is 2.81. The lowest BCUT2D eigenvalue weighted by molar-refractivity contribution is 0.0701. The molecular formula is C6H7N3O3S. The molecular weight excluding hydrogens is 194 g/mol. The van der Waals surface area contributed by atoms with Gasteiger partial charge in [-0.3, -0.25) is 10.0 Å². The van der Waals surface area contributed by atoms with E-state index in [1.807, 2.05) is 0 Å². The van der Waals surface area contributed by atoms with E-state index in [-0.39, 0.29) is 5.56 Å². The fourth-order valence-electron chi connectivity index (χ4n) is 0.676. The predicted molar refractivity (Wildman–Crippen MR) is 44.7 cm³/mol. The second-order valence-electron chi connectivity index (χ2n) is 2.03. The summed E-state index contributed by atoms with van der Waals surface area (Å²) in [5.41, 5.74) is 1.21. The molecule has 0 bridgehead atoms. The van der Waals surface area contributed by atoms with E-state index in [1.54, 1.807) is 6.26 Å². The number of aromatic nitrogens is 2. The highest BCUT2D eigenvalue weighted by molar-refractivity contribution is 7.98. The molecule has 1 aromatic rings. The minimum Gasteiger partial charge on any atom is -0.493 e. The SMILES string of the molecule is CSc1ncc(C(=O)NO)c(O)n1. The lowest BCUT2D eigenvalue weighted by Crippen LogP contribution is -2.19. The number of hydrogen-bond acceptors (Lipinski definition) is 6. The molecule has 70 valence electrons. The summed E-state index contributed by atoms with van der Waals surface area (Å²) in [4.78, 5) is 18.2. The van der Waals surface area contributed by atoms with Gasteiger partial charge in [0.15, 0.2) is 5.16 Å². The van der Waals surface area contributed by atoms with E-state index >= 15 is 0 Å². The Balaban J connectivity index is 3.05. The van der Waals surface area contributed by atoms with E-state index < -0.39 is 11.8 Å². The van der Waals surface area contributed by atoms with Crippen LogP contribution in [0.25, 0.3) is 0 Å². The number of rotatable bonds is 2. The summed E-state index contributed by atoms with van der Waals surface area (Å²) in [6.07, 6.45) is 2.88. The second kappa shape index (κ2) is 4.06. The zero-order valence-corrected chi connectivity index (χ0v) is 7.50. The van der Waals surface area contributed by atoms with Gasteiger partial charge in [-0.25, -0.2) is 10.5 Å². The van der Waals surface area contributed by atoms with Crippen molar-refractivity contribution in [3.05, 3.63) is 11.8 Å². The van der Waals surface area contributed by atoms with Crippen molar-refractivity contribution in [1.82, 2.24) is 15.4 Å². The van der Waals surface area contributed by atoms with Gasteiger partial charge < -0.3 is 5.11 Å². The molecule has 7 heteroatoms. The number of hydrogen-bond donors (Lipinski definition) is 3. The van der Waals surface area contributed by atoms with Crippen molar-refractivity contribution in [3.63, 3.8) is 0 Å². The smallest absolute Gasteiger partial charge is 0.281 e. The highest BCUT2D eigenvalue weighted by Gasteiger charge is 2.12. The largest absolute Gasteiger partial charge is 0.493 e. The molecule has 0 fully saturated rings. The van der Waals surface area contributed by atoms with Crippen LogP contribution in [0.1, 0.15) is 10.4 Å². The maximum Gasteiger partial charge on any atom is 0.281 e. The number of hydroxylamine groups is 1. The molecule has 0 aliphatic carbocycles. The molecule has 0 unspecified atom stereocenters. The Kier molecular flexibility index (Phi) is 3.04. The summed E-state index contributed by atoms with van der Waals surface area (Å²) in [6, 6.07) is 0. The van der Waals surface area contributed by atoms with Crippen LogP contribution in [0.15, 0.2) is 11.4 Å².